The van der Waals surface area contributed by atoms with Gasteiger partial charge in [0.15, 0.2) is 0 Å². The van der Waals surface area contributed by atoms with Crippen LogP contribution in [0, 0.1) is 5.92 Å². The first kappa shape index (κ1) is 14.8. The maximum absolute atomic E-state index is 11.9. The van der Waals surface area contributed by atoms with Crippen LogP contribution in [0.25, 0.3) is 6.08 Å². The number of aliphatic hydroxyl groups excluding tert-OH is 1. The van der Waals surface area contributed by atoms with E-state index in [2.05, 4.69) is 24.4 Å². The van der Waals surface area contributed by atoms with Crippen LogP contribution in [0.15, 0.2) is 30.3 Å². The zero-order chi connectivity index (χ0) is 14.4. The highest BCUT2D eigenvalue weighted by Gasteiger charge is 2.27. The van der Waals surface area contributed by atoms with Crippen LogP contribution in [-0.4, -0.2) is 23.7 Å². The van der Waals surface area contributed by atoms with E-state index in [-0.39, 0.29) is 24.5 Å². The van der Waals surface area contributed by atoms with Crippen molar-refractivity contribution in [2.45, 2.75) is 38.6 Å². The van der Waals surface area contributed by atoms with Gasteiger partial charge in [0, 0.05) is 24.6 Å². The van der Waals surface area contributed by atoms with E-state index in [1.54, 1.807) is 6.08 Å². The highest BCUT2D eigenvalue weighted by Crippen LogP contribution is 2.24. The van der Waals surface area contributed by atoms with E-state index in [0.717, 1.165) is 31.2 Å². The fourth-order valence-electron chi connectivity index (χ4n) is 2.71. The van der Waals surface area contributed by atoms with Crippen LogP contribution in [-0.2, 0) is 11.2 Å². The molecule has 1 fully saturated rings. The van der Waals surface area contributed by atoms with Gasteiger partial charge in [-0.3, -0.25) is 4.79 Å². The van der Waals surface area contributed by atoms with Crippen molar-refractivity contribution in [2.75, 3.05) is 6.61 Å². The zero-order valence-corrected chi connectivity index (χ0v) is 12.0. The molecular weight excluding hydrogens is 250 g/mol. The second-order valence-electron chi connectivity index (χ2n) is 5.42. The molecular formula is C17H23NO2. The molecule has 2 atom stereocenters. The lowest BCUT2D eigenvalue weighted by molar-refractivity contribution is -0.117. The van der Waals surface area contributed by atoms with Crippen molar-refractivity contribution >= 4 is 12.0 Å². The second kappa shape index (κ2) is 7.25. The Labute approximate surface area is 120 Å². The van der Waals surface area contributed by atoms with Crippen LogP contribution in [0.1, 0.15) is 37.3 Å². The normalized spacial score (nSPS) is 22.3. The Balaban J connectivity index is 1.88. The van der Waals surface area contributed by atoms with Gasteiger partial charge in [0.25, 0.3) is 0 Å². The molecule has 0 heterocycles. The monoisotopic (exact) mass is 273 g/mol. The molecule has 0 bridgehead atoms. The van der Waals surface area contributed by atoms with Crippen LogP contribution < -0.4 is 5.32 Å². The van der Waals surface area contributed by atoms with Gasteiger partial charge in [0.2, 0.25) is 5.91 Å². The van der Waals surface area contributed by atoms with E-state index in [0.29, 0.717) is 0 Å². The first-order chi connectivity index (χ1) is 9.72. The molecule has 108 valence electrons. The van der Waals surface area contributed by atoms with Gasteiger partial charge in [-0.1, -0.05) is 37.6 Å². The number of rotatable bonds is 5. The second-order valence-corrected chi connectivity index (χ2v) is 5.42. The van der Waals surface area contributed by atoms with Crippen molar-refractivity contribution in [3.05, 3.63) is 41.5 Å². The molecule has 0 spiro atoms. The van der Waals surface area contributed by atoms with Crippen LogP contribution in [0.3, 0.4) is 0 Å². The largest absolute Gasteiger partial charge is 0.396 e. The summed E-state index contributed by atoms with van der Waals surface area (Å²) >= 11 is 0. The lowest BCUT2D eigenvalue weighted by Gasteiger charge is -2.17. The number of hydrogen-bond donors (Lipinski definition) is 2. The Morgan fingerprint density at radius 2 is 2.10 bits per heavy atom. The molecule has 1 aliphatic carbocycles. The molecule has 2 unspecified atom stereocenters. The molecule has 1 saturated carbocycles. The van der Waals surface area contributed by atoms with E-state index in [1.165, 1.54) is 5.56 Å². The molecule has 0 radical (unpaired) electrons. The standard InChI is InChI=1S/C17H23NO2/c1-2-13-6-8-14(9-7-13)10-11-17(20)18-16-5-3-4-15(16)12-19/h6-11,15-16,19H,2-5,12H2,1H3,(H,18,20)/b11-10+. The number of nitrogens with one attached hydrogen (secondary N) is 1. The van der Waals surface area contributed by atoms with Gasteiger partial charge in [-0.25, -0.2) is 0 Å². The van der Waals surface area contributed by atoms with Crippen LogP contribution in [0.5, 0.6) is 0 Å². The van der Waals surface area contributed by atoms with Crippen molar-refractivity contribution in [3.63, 3.8) is 0 Å². The molecule has 1 aliphatic rings. The van der Waals surface area contributed by atoms with E-state index in [1.807, 2.05) is 18.2 Å². The third-order valence-corrected chi connectivity index (χ3v) is 4.04. The van der Waals surface area contributed by atoms with Gasteiger partial charge >= 0.3 is 0 Å². The third-order valence-electron chi connectivity index (χ3n) is 4.04. The number of carbonyl (C=O) groups is 1. The van der Waals surface area contributed by atoms with E-state index >= 15 is 0 Å². The number of carbonyl (C=O) groups excluding carboxylic acids is 1. The minimum absolute atomic E-state index is 0.0741. The zero-order valence-electron chi connectivity index (χ0n) is 12.0. The van der Waals surface area contributed by atoms with Gasteiger partial charge in [-0.15, -0.1) is 0 Å². The van der Waals surface area contributed by atoms with E-state index in [4.69, 9.17) is 0 Å². The van der Waals surface area contributed by atoms with Gasteiger partial charge in [0.1, 0.15) is 0 Å². The minimum atomic E-state index is -0.0741. The van der Waals surface area contributed by atoms with E-state index < -0.39 is 0 Å². The number of aryl methyl sites for hydroxylation is 1. The van der Waals surface area contributed by atoms with Crippen molar-refractivity contribution in [2.24, 2.45) is 5.92 Å². The minimum Gasteiger partial charge on any atom is -0.396 e. The highest BCUT2D eigenvalue weighted by molar-refractivity contribution is 5.91. The third kappa shape index (κ3) is 3.94. The molecule has 1 aromatic rings. The SMILES string of the molecule is CCc1ccc(/C=C/C(=O)NC2CCCC2CO)cc1. The van der Waals surface area contributed by atoms with Gasteiger partial charge in [0.05, 0.1) is 0 Å². The Bertz CT molecular complexity index is 464. The summed E-state index contributed by atoms with van der Waals surface area (Å²) in [5.41, 5.74) is 2.32. The Morgan fingerprint density at radius 1 is 1.35 bits per heavy atom. The molecule has 20 heavy (non-hydrogen) atoms. The smallest absolute Gasteiger partial charge is 0.244 e. The summed E-state index contributed by atoms with van der Waals surface area (Å²) in [5, 5.41) is 12.2. The van der Waals surface area contributed by atoms with Gasteiger partial charge in [-0.2, -0.15) is 0 Å². The van der Waals surface area contributed by atoms with Gasteiger partial charge < -0.3 is 10.4 Å². The summed E-state index contributed by atoms with van der Waals surface area (Å²) < 4.78 is 0. The topological polar surface area (TPSA) is 49.3 Å². The summed E-state index contributed by atoms with van der Waals surface area (Å²) in [4.78, 5) is 11.9. The molecule has 0 aromatic heterocycles. The summed E-state index contributed by atoms with van der Waals surface area (Å²) in [7, 11) is 0. The number of aliphatic hydroxyl groups is 1. The van der Waals surface area contributed by atoms with Crippen molar-refractivity contribution in [3.8, 4) is 0 Å². The fraction of sp³-hybridized carbons (Fsp3) is 0.471. The number of benzene rings is 1. The van der Waals surface area contributed by atoms with Crippen molar-refractivity contribution in [1.29, 1.82) is 0 Å². The van der Waals surface area contributed by atoms with Crippen LogP contribution in [0.2, 0.25) is 0 Å². The summed E-state index contributed by atoms with van der Waals surface area (Å²) in [6.07, 6.45) is 7.48. The van der Waals surface area contributed by atoms with Crippen LogP contribution >= 0.6 is 0 Å². The molecule has 2 N–H and O–H groups in total. The Kier molecular flexibility index (Phi) is 5.36. The molecule has 0 aliphatic heterocycles. The van der Waals surface area contributed by atoms with Crippen LogP contribution in [0.4, 0.5) is 0 Å². The molecule has 0 saturated heterocycles. The lowest BCUT2D eigenvalue weighted by Crippen LogP contribution is -2.37. The average Bonchev–Trinajstić information content (AvgIpc) is 2.92. The lowest BCUT2D eigenvalue weighted by atomic mass is 10.1. The molecule has 2 rings (SSSR count). The number of amides is 1. The molecule has 1 aromatic carbocycles. The first-order valence-electron chi connectivity index (χ1n) is 7.41. The van der Waals surface area contributed by atoms with Gasteiger partial charge in [-0.05, 0) is 36.5 Å². The average molecular weight is 273 g/mol. The summed E-state index contributed by atoms with van der Waals surface area (Å²) in [5.74, 6) is 0.145. The van der Waals surface area contributed by atoms with Crippen molar-refractivity contribution in [1.82, 2.24) is 5.32 Å². The molecule has 3 heteroatoms. The maximum atomic E-state index is 11.9. The Morgan fingerprint density at radius 3 is 2.75 bits per heavy atom. The quantitative estimate of drug-likeness (QED) is 0.810. The fourth-order valence-corrected chi connectivity index (χ4v) is 2.71. The summed E-state index contributed by atoms with van der Waals surface area (Å²) in [6, 6.07) is 8.33. The van der Waals surface area contributed by atoms with E-state index in [9.17, 15) is 9.90 Å². The summed E-state index contributed by atoms with van der Waals surface area (Å²) in [6.45, 7) is 2.28. The number of hydrogen-bond acceptors (Lipinski definition) is 2. The van der Waals surface area contributed by atoms with Crippen molar-refractivity contribution < 1.29 is 9.90 Å². The molecule has 1 amide bonds. The highest BCUT2D eigenvalue weighted by atomic mass is 16.3. The predicted molar refractivity (Wildman–Crippen MR) is 81.2 cm³/mol. The Hall–Kier alpha value is -1.61. The predicted octanol–water partition coefficient (Wildman–Crippen LogP) is 2.54. The first-order valence-corrected chi connectivity index (χ1v) is 7.41. The maximum Gasteiger partial charge on any atom is 0.244 e. The molecule has 3 nitrogen and oxygen atoms in total.